The molecule has 3 aromatic rings. The molecule has 0 aliphatic carbocycles. The molecule has 0 radical (unpaired) electrons. The molecule has 5 nitrogen and oxygen atoms in total. The molecule has 0 unspecified atom stereocenters. The largest absolute Gasteiger partial charge is 0.342 e. The van der Waals surface area contributed by atoms with Crippen LogP contribution in [0.4, 0.5) is 5.69 Å². The minimum atomic E-state index is -0.182. The summed E-state index contributed by atoms with van der Waals surface area (Å²) in [7, 11) is 0. The standard InChI is InChI=1S/C23H23N3O2S2/c1-16-24-20(14-29-16)17-7-6-8-18(13-17)25-23(28)19-9-2-3-10-21(19)30-15-22(27)26-11-4-5-12-26/h2-3,6-10,13-14H,4-5,11-12,15H2,1H3,(H,25,28). The van der Waals surface area contributed by atoms with Gasteiger partial charge in [0.25, 0.3) is 5.91 Å². The Hall–Kier alpha value is -2.64. The highest BCUT2D eigenvalue weighted by atomic mass is 32.2. The number of amides is 2. The molecule has 2 amide bonds. The third kappa shape index (κ3) is 4.91. The lowest BCUT2D eigenvalue weighted by molar-refractivity contribution is -0.127. The molecule has 1 fully saturated rings. The highest BCUT2D eigenvalue weighted by molar-refractivity contribution is 8.00. The van der Waals surface area contributed by atoms with Crippen molar-refractivity contribution in [3.8, 4) is 11.3 Å². The van der Waals surface area contributed by atoms with Crippen LogP contribution in [0.1, 0.15) is 28.2 Å². The first-order valence-electron chi connectivity index (χ1n) is 9.94. The van der Waals surface area contributed by atoms with Crippen LogP contribution in [0.25, 0.3) is 11.3 Å². The summed E-state index contributed by atoms with van der Waals surface area (Å²) in [4.78, 5) is 32.5. The lowest BCUT2D eigenvalue weighted by Crippen LogP contribution is -2.29. The van der Waals surface area contributed by atoms with E-state index in [9.17, 15) is 9.59 Å². The zero-order chi connectivity index (χ0) is 20.9. The Bertz CT molecular complexity index is 1060. The first kappa shape index (κ1) is 20.6. The quantitative estimate of drug-likeness (QED) is 0.546. The third-order valence-corrected chi connectivity index (χ3v) is 6.81. The van der Waals surface area contributed by atoms with E-state index in [1.54, 1.807) is 17.4 Å². The van der Waals surface area contributed by atoms with Gasteiger partial charge >= 0.3 is 0 Å². The summed E-state index contributed by atoms with van der Waals surface area (Å²) in [5.41, 5.74) is 3.17. The number of aryl methyl sites for hydroxylation is 1. The molecule has 1 N–H and O–H groups in total. The number of thioether (sulfide) groups is 1. The maximum absolute atomic E-state index is 13.0. The second-order valence-corrected chi connectivity index (χ2v) is 9.24. The topological polar surface area (TPSA) is 62.3 Å². The summed E-state index contributed by atoms with van der Waals surface area (Å²) in [6, 6.07) is 15.1. The minimum absolute atomic E-state index is 0.138. The van der Waals surface area contributed by atoms with E-state index in [2.05, 4.69) is 10.3 Å². The van der Waals surface area contributed by atoms with Crippen LogP contribution < -0.4 is 5.32 Å². The van der Waals surface area contributed by atoms with Crippen molar-refractivity contribution in [1.82, 2.24) is 9.88 Å². The molecule has 0 spiro atoms. The number of nitrogens with zero attached hydrogens (tertiary/aromatic N) is 2. The first-order valence-corrected chi connectivity index (χ1v) is 11.8. The Labute approximate surface area is 184 Å². The van der Waals surface area contributed by atoms with Gasteiger partial charge in [0.15, 0.2) is 0 Å². The summed E-state index contributed by atoms with van der Waals surface area (Å²) in [6.07, 6.45) is 2.16. The molecule has 1 aliphatic rings. The number of hydrogen-bond donors (Lipinski definition) is 1. The summed E-state index contributed by atoms with van der Waals surface area (Å²) in [6.45, 7) is 3.66. The van der Waals surface area contributed by atoms with Gasteiger partial charge in [-0.05, 0) is 44.0 Å². The number of hydrogen-bond acceptors (Lipinski definition) is 5. The molecule has 30 heavy (non-hydrogen) atoms. The van der Waals surface area contributed by atoms with Gasteiger partial charge in [-0.3, -0.25) is 9.59 Å². The lowest BCUT2D eigenvalue weighted by atomic mass is 10.1. The lowest BCUT2D eigenvalue weighted by Gasteiger charge is -2.15. The van der Waals surface area contributed by atoms with Crippen LogP contribution in [-0.4, -0.2) is 40.5 Å². The summed E-state index contributed by atoms with van der Waals surface area (Å²) in [5, 5.41) is 6.01. The Balaban J connectivity index is 1.45. The number of benzene rings is 2. The van der Waals surface area contributed by atoms with Gasteiger partial charge < -0.3 is 10.2 Å². The maximum Gasteiger partial charge on any atom is 0.256 e. The number of carbonyl (C=O) groups excluding carboxylic acids is 2. The fourth-order valence-electron chi connectivity index (χ4n) is 3.43. The number of likely N-dealkylation sites (tertiary alicyclic amines) is 1. The molecule has 0 saturated carbocycles. The van der Waals surface area contributed by atoms with Crippen LogP contribution >= 0.6 is 23.1 Å². The molecule has 7 heteroatoms. The zero-order valence-electron chi connectivity index (χ0n) is 16.8. The number of thiazole rings is 1. The Morgan fingerprint density at radius 1 is 1.13 bits per heavy atom. The summed E-state index contributed by atoms with van der Waals surface area (Å²) >= 11 is 3.03. The van der Waals surface area contributed by atoms with Crippen LogP contribution in [0.3, 0.4) is 0 Å². The van der Waals surface area contributed by atoms with Gasteiger partial charge in [0, 0.05) is 34.6 Å². The number of nitrogens with one attached hydrogen (secondary N) is 1. The molecule has 2 heterocycles. The van der Waals surface area contributed by atoms with Crippen molar-refractivity contribution >= 4 is 40.6 Å². The monoisotopic (exact) mass is 437 g/mol. The molecule has 4 rings (SSSR count). The molecule has 1 aliphatic heterocycles. The van der Waals surface area contributed by atoms with Crippen molar-refractivity contribution in [2.75, 3.05) is 24.2 Å². The molecular weight excluding hydrogens is 414 g/mol. The minimum Gasteiger partial charge on any atom is -0.342 e. The summed E-state index contributed by atoms with van der Waals surface area (Å²) in [5.74, 6) is 0.306. The van der Waals surface area contributed by atoms with E-state index in [1.165, 1.54) is 11.8 Å². The van der Waals surface area contributed by atoms with E-state index in [1.807, 2.05) is 59.7 Å². The molecule has 1 saturated heterocycles. The van der Waals surface area contributed by atoms with Gasteiger partial charge in [-0.2, -0.15) is 0 Å². The van der Waals surface area contributed by atoms with Crippen molar-refractivity contribution in [1.29, 1.82) is 0 Å². The van der Waals surface area contributed by atoms with E-state index in [-0.39, 0.29) is 11.8 Å². The van der Waals surface area contributed by atoms with Crippen molar-refractivity contribution in [2.45, 2.75) is 24.7 Å². The highest BCUT2D eigenvalue weighted by Gasteiger charge is 2.19. The molecule has 1 aromatic heterocycles. The Morgan fingerprint density at radius 3 is 2.70 bits per heavy atom. The van der Waals surface area contributed by atoms with Gasteiger partial charge in [-0.1, -0.05) is 24.3 Å². The Kier molecular flexibility index (Phi) is 6.50. The number of aromatic nitrogens is 1. The maximum atomic E-state index is 13.0. The Morgan fingerprint density at radius 2 is 1.93 bits per heavy atom. The second-order valence-electron chi connectivity index (χ2n) is 7.16. The molecule has 0 atom stereocenters. The summed E-state index contributed by atoms with van der Waals surface area (Å²) < 4.78 is 0. The van der Waals surface area contributed by atoms with E-state index >= 15 is 0 Å². The van der Waals surface area contributed by atoms with Gasteiger partial charge in [0.1, 0.15) is 0 Å². The number of carbonyl (C=O) groups is 2. The van der Waals surface area contributed by atoms with Gasteiger partial charge in [0.05, 0.1) is 22.0 Å². The first-order chi connectivity index (χ1) is 14.6. The zero-order valence-corrected chi connectivity index (χ0v) is 18.4. The molecule has 154 valence electrons. The fourth-order valence-corrected chi connectivity index (χ4v) is 5.00. The van der Waals surface area contributed by atoms with Gasteiger partial charge in [-0.15, -0.1) is 23.1 Å². The number of anilines is 1. The molecular formula is C23H23N3O2S2. The van der Waals surface area contributed by atoms with Gasteiger partial charge in [0.2, 0.25) is 5.91 Å². The fraction of sp³-hybridized carbons (Fsp3) is 0.261. The van der Waals surface area contributed by atoms with Crippen molar-refractivity contribution in [3.63, 3.8) is 0 Å². The van der Waals surface area contributed by atoms with Crippen LogP contribution in [0.5, 0.6) is 0 Å². The highest BCUT2D eigenvalue weighted by Crippen LogP contribution is 2.27. The average Bonchev–Trinajstić information content (AvgIpc) is 3.44. The predicted molar refractivity (Wildman–Crippen MR) is 123 cm³/mol. The van der Waals surface area contributed by atoms with Crippen LogP contribution in [-0.2, 0) is 4.79 Å². The normalized spacial score (nSPS) is 13.4. The van der Waals surface area contributed by atoms with Gasteiger partial charge in [-0.25, -0.2) is 4.98 Å². The predicted octanol–water partition coefficient (Wildman–Crippen LogP) is 5.09. The second kappa shape index (κ2) is 9.45. The van der Waals surface area contributed by atoms with E-state index in [0.29, 0.717) is 11.3 Å². The third-order valence-electron chi connectivity index (χ3n) is 4.98. The number of rotatable bonds is 6. The van der Waals surface area contributed by atoms with Crippen molar-refractivity contribution in [3.05, 3.63) is 64.5 Å². The smallest absolute Gasteiger partial charge is 0.256 e. The van der Waals surface area contributed by atoms with Crippen molar-refractivity contribution in [2.24, 2.45) is 0 Å². The van der Waals surface area contributed by atoms with E-state index < -0.39 is 0 Å². The SMILES string of the molecule is Cc1nc(-c2cccc(NC(=O)c3ccccc3SCC(=O)N3CCCC3)c2)cs1. The van der Waals surface area contributed by atoms with Crippen molar-refractivity contribution < 1.29 is 9.59 Å². The average molecular weight is 438 g/mol. The molecule has 2 aromatic carbocycles. The van der Waals surface area contributed by atoms with E-state index in [0.717, 1.165) is 52.8 Å². The van der Waals surface area contributed by atoms with Crippen LogP contribution in [0.2, 0.25) is 0 Å². The van der Waals surface area contributed by atoms with Crippen LogP contribution in [0, 0.1) is 6.92 Å². The van der Waals surface area contributed by atoms with Crippen LogP contribution in [0.15, 0.2) is 58.8 Å². The van der Waals surface area contributed by atoms with E-state index in [4.69, 9.17) is 0 Å². The molecule has 0 bridgehead atoms.